The maximum absolute atomic E-state index is 11.6. The zero-order valence-corrected chi connectivity index (χ0v) is 16.0. The molecule has 132 valence electrons. The molecular weight excluding hydrogens is 366 g/mol. The molecule has 0 saturated heterocycles. The van der Waals surface area contributed by atoms with Crippen molar-refractivity contribution in [3.8, 4) is 0 Å². The van der Waals surface area contributed by atoms with Gasteiger partial charge in [-0.05, 0) is 56.7 Å². The highest BCUT2D eigenvalue weighted by Crippen LogP contribution is 2.30. The van der Waals surface area contributed by atoms with E-state index in [4.69, 9.17) is 11.6 Å². The second-order valence-electron chi connectivity index (χ2n) is 6.25. The summed E-state index contributed by atoms with van der Waals surface area (Å²) in [6.45, 7) is 2.55. The molecule has 0 bridgehead atoms. The summed E-state index contributed by atoms with van der Waals surface area (Å²) >= 11 is 7.62. The van der Waals surface area contributed by atoms with Crippen LogP contribution in [0.4, 0.5) is 5.13 Å². The molecule has 5 nitrogen and oxygen atoms in total. The van der Waals surface area contributed by atoms with Gasteiger partial charge in [0.05, 0.1) is 16.0 Å². The normalized spacial score (nSPS) is 21.9. The molecule has 0 radical (unpaired) electrons. The topological polar surface area (TPSA) is 71.1 Å². The summed E-state index contributed by atoms with van der Waals surface area (Å²) in [6, 6.07) is 5.82. The summed E-state index contributed by atoms with van der Waals surface area (Å²) in [5.74, 6) is 0.707. The van der Waals surface area contributed by atoms with E-state index >= 15 is 0 Å². The van der Waals surface area contributed by atoms with Crippen LogP contribution in [-0.2, 0) is 10.0 Å². The number of hydrogen-bond acceptors (Lipinski definition) is 5. The van der Waals surface area contributed by atoms with E-state index < -0.39 is 10.0 Å². The number of anilines is 1. The first kappa shape index (κ1) is 17.9. The summed E-state index contributed by atoms with van der Waals surface area (Å²) < 4.78 is 27.1. The van der Waals surface area contributed by atoms with E-state index in [1.807, 2.05) is 18.2 Å². The number of nitrogens with one attached hydrogen (secondary N) is 2. The fourth-order valence-corrected chi connectivity index (χ4v) is 5.09. The average Bonchev–Trinajstić information content (AvgIpc) is 2.96. The number of aromatic nitrogens is 1. The minimum absolute atomic E-state index is 0.0933. The van der Waals surface area contributed by atoms with E-state index in [0.29, 0.717) is 5.92 Å². The zero-order valence-electron chi connectivity index (χ0n) is 13.6. The minimum Gasteiger partial charge on any atom is -0.361 e. The van der Waals surface area contributed by atoms with Crippen molar-refractivity contribution in [1.29, 1.82) is 0 Å². The minimum atomic E-state index is -3.09. The highest BCUT2D eigenvalue weighted by molar-refractivity contribution is 7.89. The van der Waals surface area contributed by atoms with Crippen LogP contribution in [0, 0.1) is 5.92 Å². The number of benzene rings is 1. The van der Waals surface area contributed by atoms with Gasteiger partial charge in [-0.15, -0.1) is 0 Å². The van der Waals surface area contributed by atoms with Crippen LogP contribution in [0.5, 0.6) is 0 Å². The van der Waals surface area contributed by atoms with Crippen molar-refractivity contribution in [2.45, 2.75) is 38.6 Å². The van der Waals surface area contributed by atoms with Crippen molar-refractivity contribution in [2.24, 2.45) is 5.92 Å². The van der Waals surface area contributed by atoms with Crippen molar-refractivity contribution in [3.63, 3.8) is 0 Å². The second-order valence-corrected chi connectivity index (χ2v) is 9.76. The van der Waals surface area contributed by atoms with E-state index in [2.05, 4.69) is 15.0 Å². The van der Waals surface area contributed by atoms with Gasteiger partial charge in [0.1, 0.15) is 0 Å². The van der Waals surface area contributed by atoms with Crippen molar-refractivity contribution in [2.75, 3.05) is 17.6 Å². The van der Waals surface area contributed by atoms with Gasteiger partial charge < -0.3 is 5.32 Å². The molecule has 8 heteroatoms. The third-order valence-corrected chi connectivity index (χ3v) is 7.13. The Kier molecular flexibility index (Phi) is 5.64. The molecule has 24 heavy (non-hydrogen) atoms. The first-order chi connectivity index (χ1) is 11.4. The molecule has 1 aromatic carbocycles. The molecular formula is C16H22ClN3O2S2. The molecule has 1 aliphatic rings. The summed E-state index contributed by atoms with van der Waals surface area (Å²) in [5, 5.41) is 5.07. The quantitative estimate of drug-likeness (QED) is 0.789. The summed E-state index contributed by atoms with van der Waals surface area (Å²) in [6.07, 6.45) is 3.86. The zero-order chi connectivity index (χ0) is 17.2. The summed E-state index contributed by atoms with van der Waals surface area (Å²) in [5.41, 5.74) is 0.963. The number of rotatable bonds is 6. The lowest BCUT2D eigenvalue weighted by Gasteiger charge is -2.28. The van der Waals surface area contributed by atoms with Crippen molar-refractivity contribution in [3.05, 3.63) is 23.2 Å². The van der Waals surface area contributed by atoms with Gasteiger partial charge in [0.25, 0.3) is 0 Å². The highest BCUT2D eigenvalue weighted by Gasteiger charge is 2.24. The van der Waals surface area contributed by atoms with Gasteiger partial charge in [-0.2, -0.15) is 0 Å². The van der Waals surface area contributed by atoms with Gasteiger partial charge in [0.2, 0.25) is 10.0 Å². The molecule has 1 aromatic heterocycles. The average molecular weight is 388 g/mol. The largest absolute Gasteiger partial charge is 0.361 e. The third-order valence-electron chi connectivity index (χ3n) is 4.47. The van der Waals surface area contributed by atoms with Crippen molar-refractivity contribution >= 4 is 48.3 Å². The van der Waals surface area contributed by atoms with E-state index in [1.54, 1.807) is 18.3 Å². The van der Waals surface area contributed by atoms with Gasteiger partial charge in [-0.3, -0.25) is 0 Å². The fourth-order valence-electron chi connectivity index (χ4n) is 3.03. The molecule has 0 unspecified atom stereocenters. The lowest BCUT2D eigenvalue weighted by Crippen LogP contribution is -2.39. The summed E-state index contributed by atoms with van der Waals surface area (Å²) in [4.78, 5) is 4.57. The lowest BCUT2D eigenvalue weighted by molar-refractivity contribution is 0.324. The number of hydrogen-bond donors (Lipinski definition) is 2. The molecule has 0 aliphatic heterocycles. The van der Waals surface area contributed by atoms with Crippen LogP contribution in [-0.4, -0.2) is 31.7 Å². The van der Waals surface area contributed by atoms with Crippen molar-refractivity contribution < 1.29 is 8.42 Å². The van der Waals surface area contributed by atoms with E-state index in [0.717, 1.165) is 52.6 Å². The molecule has 1 aliphatic carbocycles. The fraction of sp³-hybridized carbons (Fsp3) is 0.562. The van der Waals surface area contributed by atoms with Crippen molar-refractivity contribution in [1.82, 2.24) is 9.71 Å². The van der Waals surface area contributed by atoms with E-state index in [9.17, 15) is 8.42 Å². The second kappa shape index (κ2) is 7.56. The first-order valence-electron chi connectivity index (χ1n) is 8.25. The van der Waals surface area contributed by atoms with Crippen LogP contribution < -0.4 is 10.0 Å². The summed E-state index contributed by atoms with van der Waals surface area (Å²) in [7, 11) is -3.09. The van der Waals surface area contributed by atoms with Crippen LogP contribution in [0.15, 0.2) is 18.2 Å². The molecule has 2 aromatic rings. The van der Waals surface area contributed by atoms with E-state index in [-0.39, 0.29) is 11.8 Å². The van der Waals surface area contributed by atoms with Crippen LogP contribution in [0.3, 0.4) is 0 Å². The maximum atomic E-state index is 11.6. The first-order valence-corrected chi connectivity index (χ1v) is 11.1. The Morgan fingerprint density at radius 3 is 2.75 bits per heavy atom. The molecule has 1 heterocycles. The highest BCUT2D eigenvalue weighted by atomic mass is 35.5. The number of sulfonamides is 1. The molecule has 2 N–H and O–H groups in total. The molecule has 1 saturated carbocycles. The van der Waals surface area contributed by atoms with E-state index in [1.165, 1.54) is 0 Å². The lowest BCUT2D eigenvalue weighted by atomic mass is 9.86. The predicted octanol–water partition coefficient (Wildman–Crippen LogP) is 3.86. The Balaban J connectivity index is 1.49. The van der Waals surface area contributed by atoms with Crippen LogP contribution in [0.25, 0.3) is 10.2 Å². The molecule has 3 rings (SSSR count). The van der Waals surface area contributed by atoms with Gasteiger partial charge in [-0.1, -0.05) is 22.9 Å². The molecule has 1 fully saturated rings. The molecule has 0 amide bonds. The van der Waals surface area contributed by atoms with Crippen LogP contribution in [0.2, 0.25) is 5.02 Å². The smallest absolute Gasteiger partial charge is 0.211 e. The Morgan fingerprint density at radius 1 is 1.29 bits per heavy atom. The predicted molar refractivity (Wildman–Crippen MR) is 101 cm³/mol. The standard InChI is InChI=1S/C16H22ClN3O2S2/c1-2-24(21,22)20-13-6-3-11(4-7-13)10-18-16-19-14-8-5-12(17)9-15(14)23-16/h5,8-9,11,13,20H,2-4,6-7,10H2,1H3,(H,18,19)/t11-,13-. The maximum Gasteiger partial charge on any atom is 0.211 e. The van der Waals surface area contributed by atoms with Gasteiger partial charge >= 0.3 is 0 Å². The number of fused-ring (bicyclic) bond motifs is 1. The Morgan fingerprint density at radius 2 is 2.04 bits per heavy atom. The number of halogens is 1. The third kappa shape index (κ3) is 4.59. The monoisotopic (exact) mass is 387 g/mol. The van der Waals surface area contributed by atoms with Gasteiger partial charge in [-0.25, -0.2) is 18.1 Å². The number of thiazole rings is 1. The Labute approximate surface area is 151 Å². The van der Waals surface area contributed by atoms with Crippen LogP contribution in [0.1, 0.15) is 32.6 Å². The molecule has 0 spiro atoms. The SMILES string of the molecule is CCS(=O)(=O)N[C@H]1CC[C@H](CNc2nc3ccc(Cl)cc3s2)CC1. The Hall–Kier alpha value is -0.890. The van der Waals surface area contributed by atoms with Gasteiger partial charge in [0, 0.05) is 17.6 Å². The Bertz CT molecular complexity index is 799. The van der Waals surface area contributed by atoms with Gasteiger partial charge in [0.15, 0.2) is 5.13 Å². The molecule has 0 atom stereocenters. The number of nitrogens with zero attached hydrogens (tertiary/aromatic N) is 1. The van der Waals surface area contributed by atoms with Crippen LogP contribution >= 0.6 is 22.9 Å².